The van der Waals surface area contributed by atoms with Gasteiger partial charge in [-0.3, -0.25) is 4.79 Å². The van der Waals surface area contributed by atoms with Crippen LogP contribution in [0.15, 0.2) is 33.6 Å². The molecule has 0 aliphatic heterocycles. The third-order valence-electron chi connectivity index (χ3n) is 3.52. The molecule has 0 saturated carbocycles. The van der Waals surface area contributed by atoms with Gasteiger partial charge in [0.25, 0.3) is 5.91 Å². The maximum absolute atomic E-state index is 12.4. The van der Waals surface area contributed by atoms with E-state index in [9.17, 15) is 13.2 Å². The first kappa shape index (κ1) is 17.2. The van der Waals surface area contributed by atoms with Crippen molar-refractivity contribution in [2.24, 2.45) is 0 Å². The van der Waals surface area contributed by atoms with Gasteiger partial charge < -0.3 is 9.73 Å². The van der Waals surface area contributed by atoms with Crippen LogP contribution < -0.4 is 5.32 Å². The Labute approximate surface area is 136 Å². The predicted molar refractivity (Wildman–Crippen MR) is 88.2 cm³/mol. The molecular formula is C16H20N2O4S. The summed E-state index contributed by atoms with van der Waals surface area (Å²) < 4.78 is 30.9. The highest BCUT2D eigenvalue weighted by Crippen LogP contribution is 2.23. The van der Waals surface area contributed by atoms with Crippen LogP contribution in [0.25, 0.3) is 0 Å². The van der Waals surface area contributed by atoms with Crippen molar-refractivity contribution in [1.29, 1.82) is 0 Å². The fourth-order valence-electron chi connectivity index (χ4n) is 2.15. The SMILES string of the molecule is Cc1cc(C(=O)Nc2cc(S(=O)(=O)N(C)C)ccc2C)c(C)o1. The monoisotopic (exact) mass is 336 g/mol. The Morgan fingerprint density at radius 3 is 2.30 bits per heavy atom. The summed E-state index contributed by atoms with van der Waals surface area (Å²) in [5, 5.41) is 2.75. The molecule has 1 N–H and O–H groups in total. The molecule has 2 rings (SSSR count). The maximum atomic E-state index is 12.4. The minimum atomic E-state index is -3.56. The maximum Gasteiger partial charge on any atom is 0.259 e. The van der Waals surface area contributed by atoms with Crippen LogP contribution in [0.1, 0.15) is 27.4 Å². The highest BCUT2D eigenvalue weighted by Gasteiger charge is 2.20. The zero-order valence-corrected chi connectivity index (χ0v) is 14.6. The van der Waals surface area contributed by atoms with Gasteiger partial charge in [-0.15, -0.1) is 0 Å². The van der Waals surface area contributed by atoms with Crippen molar-refractivity contribution in [3.8, 4) is 0 Å². The zero-order chi connectivity index (χ0) is 17.4. The number of hydrogen-bond acceptors (Lipinski definition) is 4. The number of nitrogens with one attached hydrogen (secondary N) is 1. The number of hydrogen-bond donors (Lipinski definition) is 1. The average molecular weight is 336 g/mol. The molecule has 1 aromatic heterocycles. The van der Waals surface area contributed by atoms with Crippen molar-refractivity contribution in [2.75, 3.05) is 19.4 Å². The van der Waals surface area contributed by atoms with Gasteiger partial charge in [-0.1, -0.05) is 6.07 Å². The topological polar surface area (TPSA) is 79.6 Å². The minimum Gasteiger partial charge on any atom is -0.466 e. The van der Waals surface area contributed by atoms with Gasteiger partial charge in [0.15, 0.2) is 0 Å². The van der Waals surface area contributed by atoms with Crippen LogP contribution in [0.4, 0.5) is 5.69 Å². The van der Waals surface area contributed by atoms with Crippen LogP contribution in [-0.4, -0.2) is 32.7 Å². The van der Waals surface area contributed by atoms with Crippen LogP contribution >= 0.6 is 0 Å². The molecule has 23 heavy (non-hydrogen) atoms. The third kappa shape index (κ3) is 3.46. The van der Waals surface area contributed by atoms with E-state index in [1.165, 1.54) is 26.2 Å². The van der Waals surface area contributed by atoms with E-state index in [-0.39, 0.29) is 10.8 Å². The number of carbonyl (C=O) groups is 1. The summed E-state index contributed by atoms with van der Waals surface area (Å²) in [5.41, 5.74) is 1.66. The van der Waals surface area contributed by atoms with Gasteiger partial charge in [0, 0.05) is 19.8 Å². The van der Waals surface area contributed by atoms with Gasteiger partial charge in [-0.25, -0.2) is 12.7 Å². The molecule has 0 fully saturated rings. The van der Waals surface area contributed by atoms with Gasteiger partial charge in [0.2, 0.25) is 10.0 Å². The lowest BCUT2D eigenvalue weighted by Gasteiger charge is -2.14. The molecule has 124 valence electrons. The fraction of sp³-hybridized carbons (Fsp3) is 0.312. The summed E-state index contributed by atoms with van der Waals surface area (Å²) >= 11 is 0. The Morgan fingerprint density at radius 1 is 1.13 bits per heavy atom. The Morgan fingerprint density at radius 2 is 1.78 bits per heavy atom. The van der Waals surface area contributed by atoms with E-state index in [1.54, 1.807) is 32.9 Å². The van der Waals surface area contributed by atoms with Crippen molar-refractivity contribution in [1.82, 2.24) is 4.31 Å². The summed E-state index contributed by atoms with van der Waals surface area (Å²) in [7, 11) is -0.630. The van der Waals surface area contributed by atoms with Crippen molar-refractivity contribution >= 4 is 21.6 Å². The number of sulfonamides is 1. The number of anilines is 1. The van der Waals surface area contributed by atoms with E-state index in [0.29, 0.717) is 22.8 Å². The molecule has 1 amide bonds. The molecule has 0 aliphatic carbocycles. The summed E-state index contributed by atoms with van der Waals surface area (Å²) in [4.78, 5) is 12.5. The number of nitrogens with zero attached hydrogens (tertiary/aromatic N) is 1. The lowest BCUT2D eigenvalue weighted by Crippen LogP contribution is -2.22. The summed E-state index contributed by atoms with van der Waals surface area (Å²) in [5.74, 6) is 0.838. The van der Waals surface area contributed by atoms with Gasteiger partial charge in [-0.2, -0.15) is 0 Å². The molecule has 0 atom stereocenters. The normalized spacial score (nSPS) is 11.7. The molecule has 0 radical (unpaired) electrons. The lowest BCUT2D eigenvalue weighted by molar-refractivity contribution is 0.102. The molecule has 6 nitrogen and oxygen atoms in total. The average Bonchev–Trinajstić information content (AvgIpc) is 2.79. The van der Waals surface area contributed by atoms with E-state index >= 15 is 0 Å². The van der Waals surface area contributed by atoms with Gasteiger partial charge >= 0.3 is 0 Å². The molecule has 2 aromatic rings. The molecular weight excluding hydrogens is 316 g/mol. The number of benzene rings is 1. The van der Waals surface area contributed by atoms with Gasteiger partial charge in [0.05, 0.1) is 10.5 Å². The summed E-state index contributed by atoms with van der Waals surface area (Å²) in [6.07, 6.45) is 0. The molecule has 7 heteroatoms. The van der Waals surface area contributed by atoms with Crippen molar-refractivity contribution in [3.05, 3.63) is 46.9 Å². The molecule has 0 aliphatic rings. The Bertz CT molecular complexity index is 851. The first-order valence-corrected chi connectivity index (χ1v) is 8.48. The van der Waals surface area contributed by atoms with Crippen LogP contribution in [0.3, 0.4) is 0 Å². The molecule has 1 heterocycles. The molecule has 0 unspecified atom stereocenters. The second kappa shape index (κ2) is 6.17. The lowest BCUT2D eigenvalue weighted by atomic mass is 10.2. The Kier molecular flexibility index (Phi) is 4.63. The second-order valence-electron chi connectivity index (χ2n) is 5.55. The zero-order valence-electron chi connectivity index (χ0n) is 13.8. The standard InChI is InChI=1S/C16H20N2O4S/c1-10-6-7-13(23(20,21)18(4)5)9-15(10)17-16(19)14-8-11(2)22-12(14)3/h6-9H,1-5H3,(H,17,19). The van der Waals surface area contributed by atoms with E-state index in [1.807, 2.05) is 0 Å². The Hall–Kier alpha value is -2.12. The van der Waals surface area contributed by atoms with Crippen LogP contribution in [0, 0.1) is 20.8 Å². The first-order valence-electron chi connectivity index (χ1n) is 7.04. The molecule has 0 spiro atoms. The predicted octanol–water partition coefficient (Wildman–Crippen LogP) is 2.71. The van der Waals surface area contributed by atoms with Crippen LogP contribution in [0.5, 0.6) is 0 Å². The summed E-state index contributed by atoms with van der Waals surface area (Å²) in [6.45, 7) is 5.27. The van der Waals surface area contributed by atoms with Gasteiger partial charge in [-0.05, 0) is 44.5 Å². The van der Waals surface area contributed by atoms with E-state index in [2.05, 4.69) is 5.32 Å². The molecule has 0 saturated heterocycles. The van der Waals surface area contributed by atoms with Crippen molar-refractivity contribution in [2.45, 2.75) is 25.7 Å². The van der Waals surface area contributed by atoms with E-state index in [4.69, 9.17) is 4.42 Å². The summed E-state index contributed by atoms with van der Waals surface area (Å²) in [6, 6.07) is 6.30. The van der Waals surface area contributed by atoms with Gasteiger partial charge in [0.1, 0.15) is 11.5 Å². The molecule has 0 bridgehead atoms. The second-order valence-corrected chi connectivity index (χ2v) is 7.70. The number of furan rings is 1. The quantitative estimate of drug-likeness (QED) is 0.931. The molecule has 1 aromatic carbocycles. The first-order chi connectivity index (χ1) is 10.6. The van der Waals surface area contributed by atoms with Crippen molar-refractivity contribution in [3.63, 3.8) is 0 Å². The number of rotatable bonds is 4. The highest BCUT2D eigenvalue weighted by molar-refractivity contribution is 7.89. The number of aryl methyl sites for hydroxylation is 3. The van der Waals surface area contributed by atoms with E-state index in [0.717, 1.165) is 9.87 Å². The third-order valence-corrected chi connectivity index (χ3v) is 5.33. The van der Waals surface area contributed by atoms with Crippen molar-refractivity contribution < 1.29 is 17.6 Å². The Balaban J connectivity index is 2.37. The van der Waals surface area contributed by atoms with Crippen LogP contribution in [0.2, 0.25) is 0 Å². The largest absolute Gasteiger partial charge is 0.466 e. The fourth-order valence-corrected chi connectivity index (χ4v) is 3.08. The smallest absolute Gasteiger partial charge is 0.259 e. The highest BCUT2D eigenvalue weighted by atomic mass is 32.2. The number of amides is 1. The minimum absolute atomic E-state index is 0.128. The number of carbonyl (C=O) groups excluding carboxylic acids is 1. The van der Waals surface area contributed by atoms with E-state index < -0.39 is 10.0 Å². The van der Waals surface area contributed by atoms with Crippen LogP contribution in [-0.2, 0) is 10.0 Å².